The largest absolute Gasteiger partial charge is 0.343 e. The molecule has 1 amide bonds. The molecule has 0 saturated heterocycles. The van der Waals surface area contributed by atoms with Crippen LogP contribution in [0.5, 0.6) is 0 Å². The van der Waals surface area contributed by atoms with Gasteiger partial charge in [-0.15, -0.1) is 0 Å². The number of anilines is 1. The number of aromatic nitrogens is 2. The standard InChI is InChI=1S/C17H13Cl2N3O/c18-12-2-1-3-13(19)15(12)22-17(23)10-6-7-20-16-11(10)8-14(21-16)9-4-5-9/h1-3,6-9H,4-5H2,(H,20,21)(H,22,23). The minimum Gasteiger partial charge on any atom is -0.343 e. The molecule has 2 heterocycles. The van der Waals surface area contributed by atoms with E-state index in [2.05, 4.69) is 15.3 Å². The zero-order valence-electron chi connectivity index (χ0n) is 12.1. The summed E-state index contributed by atoms with van der Waals surface area (Å²) in [6.07, 6.45) is 3.99. The van der Waals surface area contributed by atoms with E-state index in [1.165, 1.54) is 12.8 Å². The SMILES string of the molecule is O=C(Nc1c(Cl)cccc1Cl)c1ccnc2[nH]c(C3CC3)cc12. The van der Waals surface area contributed by atoms with Gasteiger partial charge in [-0.25, -0.2) is 4.98 Å². The molecule has 1 saturated carbocycles. The van der Waals surface area contributed by atoms with Crippen LogP contribution < -0.4 is 5.32 Å². The second-order valence-electron chi connectivity index (χ2n) is 5.67. The van der Waals surface area contributed by atoms with Crippen LogP contribution in [0.15, 0.2) is 36.5 Å². The van der Waals surface area contributed by atoms with Crippen molar-refractivity contribution in [2.24, 2.45) is 0 Å². The Labute approximate surface area is 142 Å². The van der Waals surface area contributed by atoms with Gasteiger partial charge >= 0.3 is 0 Å². The highest BCUT2D eigenvalue weighted by Crippen LogP contribution is 2.40. The second-order valence-corrected chi connectivity index (χ2v) is 6.48. The van der Waals surface area contributed by atoms with E-state index >= 15 is 0 Å². The van der Waals surface area contributed by atoms with Gasteiger partial charge in [0.1, 0.15) is 5.65 Å². The third-order valence-corrected chi connectivity index (χ3v) is 4.65. The van der Waals surface area contributed by atoms with E-state index in [4.69, 9.17) is 23.2 Å². The number of rotatable bonds is 3. The number of fused-ring (bicyclic) bond motifs is 1. The molecular weight excluding hydrogens is 333 g/mol. The van der Waals surface area contributed by atoms with Crippen molar-refractivity contribution in [3.8, 4) is 0 Å². The number of hydrogen-bond acceptors (Lipinski definition) is 2. The maximum Gasteiger partial charge on any atom is 0.256 e. The molecule has 1 aromatic carbocycles. The van der Waals surface area contributed by atoms with Crippen molar-refractivity contribution in [2.45, 2.75) is 18.8 Å². The van der Waals surface area contributed by atoms with E-state index in [1.54, 1.807) is 30.5 Å². The Bertz CT molecular complexity index is 895. The average Bonchev–Trinajstić information content (AvgIpc) is 3.29. The fourth-order valence-electron chi connectivity index (χ4n) is 2.66. The second kappa shape index (κ2) is 5.55. The van der Waals surface area contributed by atoms with Gasteiger partial charge in [0.05, 0.1) is 21.3 Å². The molecule has 3 aromatic rings. The molecule has 0 bridgehead atoms. The number of pyridine rings is 1. The van der Waals surface area contributed by atoms with E-state index in [0.717, 1.165) is 16.7 Å². The summed E-state index contributed by atoms with van der Waals surface area (Å²) >= 11 is 12.2. The number of aromatic amines is 1. The first kappa shape index (κ1) is 14.5. The molecule has 23 heavy (non-hydrogen) atoms. The van der Waals surface area contributed by atoms with E-state index in [-0.39, 0.29) is 5.91 Å². The quantitative estimate of drug-likeness (QED) is 0.701. The number of amides is 1. The fraction of sp³-hybridized carbons (Fsp3) is 0.176. The molecule has 0 radical (unpaired) electrons. The molecular formula is C17H13Cl2N3O. The maximum absolute atomic E-state index is 12.7. The summed E-state index contributed by atoms with van der Waals surface area (Å²) in [5.41, 5.74) is 2.84. The van der Waals surface area contributed by atoms with Gasteiger partial charge in [0.25, 0.3) is 5.91 Å². The van der Waals surface area contributed by atoms with Gasteiger partial charge in [-0.05, 0) is 43.0 Å². The van der Waals surface area contributed by atoms with Gasteiger partial charge in [0, 0.05) is 17.3 Å². The van der Waals surface area contributed by atoms with E-state index < -0.39 is 0 Å². The number of para-hydroxylation sites is 1. The summed E-state index contributed by atoms with van der Waals surface area (Å²) in [5.74, 6) is 0.312. The fourth-order valence-corrected chi connectivity index (χ4v) is 3.15. The van der Waals surface area contributed by atoms with Crippen molar-refractivity contribution in [3.63, 3.8) is 0 Å². The van der Waals surface area contributed by atoms with Crippen molar-refractivity contribution in [1.82, 2.24) is 9.97 Å². The van der Waals surface area contributed by atoms with Crippen LogP contribution in [0.4, 0.5) is 5.69 Å². The number of hydrogen-bond donors (Lipinski definition) is 2. The van der Waals surface area contributed by atoms with Crippen molar-refractivity contribution in [2.75, 3.05) is 5.32 Å². The number of H-pyrrole nitrogens is 1. The smallest absolute Gasteiger partial charge is 0.256 e. The molecule has 0 unspecified atom stereocenters. The van der Waals surface area contributed by atoms with Crippen LogP contribution >= 0.6 is 23.2 Å². The molecule has 116 valence electrons. The summed E-state index contributed by atoms with van der Waals surface area (Å²) in [6, 6.07) is 8.83. The summed E-state index contributed by atoms with van der Waals surface area (Å²) in [7, 11) is 0. The lowest BCUT2D eigenvalue weighted by Gasteiger charge is -2.09. The van der Waals surface area contributed by atoms with Gasteiger partial charge < -0.3 is 10.3 Å². The molecule has 0 spiro atoms. The number of halogens is 2. The third-order valence-electron chi connectivity index (χ3n) is 4.02. The van der Waals surface area contributed by atoms with Crippen LogP contribution in [-0.2, 0) is 0 Å². The molecule has 1 fully saturated rings. The van der Waals surface area contributed by atoms with E-state index in [1.807, 2.05) is 6.07 Å². The lowest BCUT2D eigenvalue weighted by Crippen LogP contribution is -2.13. The molecule has 0 aliphatic heterocycles. The highest BCUT2D eigenvalue weighted by atomic mass is 35.5. The summed E-state index contributed by atoms with van der Waals surface area (Å²) in [6.45, 7) is 0. The molecule has 6 heteroatoms. The van der Waals surface area contributed by atoms with Gasteiger partial charge in [0.2, 0.25) is 0 Å². The number of carbonyl (C=O) groups is 1. The zero-order valence-corrected chi connectivity index (χ0v) is 13.6. The number of nitrogens with one attached hydrogen (secondary N) is 2. The predicted octanol–water partition coefficient (Wildman–Crippen LogP) is 5.00. The van der Waals surface area contributed by atoms with Gasteiger partial charge in [-0.3, -0.25) is 4.79 Å². The van der Waals surface area contributed by atoms with Gasteiger partial charge in [-0.2, -0.15) is 0 Å². The maximum atomic E-state index is 12.7. The summed E-state index contributed by atoms with van der Waals surface area (Å²) in [4.78, 5) is 20.3. The molecule has 2 aromatic heterocycles. The van der Waals surface area contributed by atoms with Crippen LogP contribution in [0, 0.1) is 0 Å². The Balaban J connectivity index is 1.72. The minimum absolute atomic E-state index is 0.256. The van der Waals surface area contributed by atoms with E-state index in [0.29, 0.717) is 27.2 Å². The van der Waals surface area contributed by atoms with Crippen molar-refractivity contribution in [1.29, 1.82) is 0 Å². The Morgan fingerprint density at radius 2 is 1.96 bits per heavy atom. The Kier molecular flexibility index (Phi) is 3.51. The number of nitrogens with zero attached hydrogens (tertiary/aromatic N) is 1. The Hall–Kier alpha value is -2.04. The lowest BCUT2D eigenvalue weighted by molar-refractivity contribution is 0.102. The minimum atomic E-state index is -0.256. The van der Waals surface area contributed by atoms with Crippen LogP contribution in [0.3, 0.4) is 0 Å². The predicted molar refractivity (Wildman–Crippen MR) is 92.5 cm³/mol. The third kappa shape index (κ3) is 2.69. The first-order chi connectivity index (χ1) is 11.1. The van der Waals surface area contributed by atoms with Crippen molar-refractivity contribution in [3.05, 3.63) is 57.8 Å². The monoisotopic (exact) mass is 345 g/mol. The molecule has 4 rings (SSSR count). The van der Waals surface area contributed by atoms with Crippen molar-refractivity contribution < 1.29 is 4.79 Å². The molecule has 1 aliphatic rings. The topological polar surface area (TPSA) is 57.8 Å². The number of carbonyl (C=O) groups excluding carboxylic acids is 1. The van der Waals surface area contributed by atoms with Gasteiger partial charge in [0.15, 0.2) is 0 Å². The summed E-state index contributed by atoms with van der Waals surface area (Å²) < 4.78 is 0. The van der Waals surface area contributed by atoms with Gasteiger partial charge in [-0.1, -0.05) is 29.3 Å². The molecule has 2 N–H and O–H groups in total. The number of benzene rings is 1. The Morgan fingerprint density at radius 1 is 1.22 bits per heavy atom. The van der Waals surface area contributed by atoms with E-state index in [9.17, 15) is 4.79 Å². The van der Waals surface area contributed by atoms with Crippen molar-refractivity contribution >= 4 is 45.8 Å². The van der Waals surface area contributed by atoms with Crippen LogP contribution in [0.1, 0.15) is 34.8 Å². The molecule has 0 atom stereocenters. The Morgan fingerprint density at radius 3 is 2.65 bits per heavy atom. The average molecular weight is 346 g/mol. The van der Waals surface area contributed by atoms with Crippen LogP contribution in [0.25, 0.3) is 11.0 Å². The first-order valence-electron chi connectivity index (χ1n) is 7.36. The lowest BCUT2D eigenvalue weighted by atomic mass is 10.1. The zero-order chi connectivity index (χ0) is 16.0. The highest BCUT2D eigenvalue weighted by molar-refractivity contribution is 6.40. The molecule has 4 nitrogen and oxygen atoms in total. The normalized spacial score (nSPS) is 14.2. The first-order valence-corrected chi connectivity index (χ1v) is 8.12. The highest BCUT2D eigenvalue weighted by Gasteiger charge is 2.26. The molecule has 1 aliphatic carbocycles. The summed E-state index contributed by atoms with van der Waals surface area (Å²) in [5, 5.41) is 4.42. The van der Waals surface area contributed by atoms with Crippen LogP contribution in [0.2, 0.25) is 10.0 Å². The van der Waals surface area contributed by atoms with Crippen LogP contribution in [-0.4, -0.2) is 15.9 Å².